The maximum atomic E-state index is 12.9. The van der Waals surface area contributed by atoms with Crippen LogP contribution in [0.2, 0.25) is 0 Å². The lowest BCUT2D eigenvalue weighted by Gasteiger charge is -2.35. The van der Waals surface area contributed by atoms with Crippen LogP contribution in [0.1, 0.15) is 48.4 Å². The average molecular weight is 332 g/mol. The van der Waals surface area contributed by atoms with E-state index in [1.54, 1.807) is 0 Å². The molecule has 7 heteroatoms. The fourth-order valence-corrected chi connectivity index (χ4v) is 3.74. The van der Waals surface area contributed by atoms with Gasteiger partial charge in [0.05, 0.1) is 12.2 Å². The van der Waals surface area contributed by atoms with Gasteiger partial charge in [0.2, 0.25) is 5.91 Å². The van der Waals surface area contributed by atoms with Crippen molar-refractivity contribution >= 4 is 11.8 Å². The third kappa shape index (κ3) is 2.81. The van der Waals surface area contributed by atoms with E-state index in [0.717, 1.165) is 30.5 Å². The molecule has 4 rings (SSSR count). The molecule has 0 unspecified atom stereocenters. The van der Waals surface area contributed by atoms with Gasteiger partial charge in [-0.3, -0.25) is 14.7 Å². The Morgan fingerprint density at radius 2 is 1.88 bits per heavy atom. The molecule has 2 atom stereocenters. The summed E-state index contributed by atoms with van der Waals surface area (Å²) in [5, 5.41) is 7.29. The summed E-state index contributed by atoms with van der Waals surface area (Å²) >= 11 is 0. The fraction of sp³-hybridized carbons (Fsp3) is 0.706. The lowest BCUT2D eigenvalue weighted by Crippen LogP contribution is -2.48. The number of carbonyl (C=O) groups excluding carboxylic acids is 2. The molecule has 1 N–H and O–H groups in total. The van der Waals surface area contributed by atoms with Crippen LogP contribution in [0.15, 0.2) is 0 Å². The number of hydrogen-bond donors (Lipinski definition) is 1. The highest BCUT2D eigenvalue weighted by Gasteiger charge is 2.37. The number of rotatable bonds is 2. The molecule has 24 heavy (non-hydrogen) atoms. The van der Waals surface area contributed by atoms with Crippen molar-refractivity contribution in [3.63, 3.8) is 0 Å². The molecule has 0 aromatic carbocycles. The first kappa shape index (κ1) is 15.6. The molecule has 1 aromatic heterocycles. The average Bonchev–Trinajstić information content (AvgIpc) is 3.32. The van der Waals surface area contributed by atoms with Gasteiger partial charge in [0, 0.05) is 49.8 Å². The predicted molar refractivity (Wildman–Crippen MR) is 86.3 cm³/mol. The molecule has 1 saturated heterocycles. The van der Waals surface area contributed by atoms with Gasteiger partial charge in [0.15, 0.2) is 5.69 Å². The first-order chi connectivity index (χ1) is 11.5. The molecule has 0 spiro atoms. The Balaban J connectivity index is 1.53. The largest absolute Gasteiger partial charge is 0.372 e. The molecule has 3 heterocycles. The highest BCUT2D eigenvalue weighted by atomic mass is 16.5. The zero-order chi connectivity index (χ0) is 16.8. The minimum absolute atomic E-state index is 0.0282. The van der Waals surface area contributed by atoms with Gasteiger partial charge in [0.1, 0.15) is 0 Å². The van der Waals surface area contributed by atoms with Crippen molar-refractivity contribution in [2.75, 3.05) is 19.6 Å². The predicted octanol–water partition coefficient (Wildman–Crippen LogP) is 0.954. The minimum atomic E-state index is -0.0600. The van der Waals surface area contributed by atoms with E-state index in [1.807, 2.05) is 23.6 Å². The van der Waals surface area contributed by atoms with Crippen molar-refractivity contribution < 1.29 is 14.3 Å². The van der Waals surface area contributed by atoms with Gasteiger partial charge in [-0.2, -0.15) is 5.10 Å². The summed E-state index contributed by atoms with van der Waals surface area (Å²) in [6, 6.07) is 0. The summed E-state index contributed by atoms with van der Waals surface area (Å²) in [5.74, 6) is 0.377. The molecule has 130 valence electrons. The third-order valence-corrected chi connectivity index (χ3v) is 5.08. The Kier molecular flexibility index (Phi) is 3.83. The van der Waals surface area contributed by atoms with Crippen LogP contribution in [0.3, 0.4) is 0 Å². The lowest BCUT2D eigenvalue weighted by molar-refractivity contribution is -0.133. The van der Waals surface area contributed by atoms with Crippen molar-refractivity contribution in [1.29, 1.82) is 0 Å². The van der Waals surface area contributed by atoms with Gasteiger partial charge in [-0.15, -0.1) is 0 Å². The van der Waals surface area contributed by atoms with Gasteiger partial charge >= 0.3 is 0 Å². The van der Waals surface area contributed by atoms with Crippen molar-refractivity contribution in [3.05, 3.63) is 17.0 Å². The van der Waals surface area contributed by atoms with Gasteiger partial charge in [-0.25, -0.2) is 0 Å². The van der Waals surface area contributed by atoms with Gasteiger partial charge in [-0.1, -0.05) is 0 Å². The molecule has 7 nitrogen and oxygen atoms in total. The molecular weight excluding hydrogens is 308 g/mol. The van der Waals surface area contributed by atoms with Crippen molar-refractivity contribution in [3.8, 4) is 0 Å². The SMILES string of the molecule is C[C@H]1CN(C(=O)c2n[nH]c3c2CN(C(=O)C2CC2)CC3)C[C@H](C)O1. The first-order valence-corrected chi connectivity index (χ1v) is 8.82. The molecule has 1 aliphatic carbocycles. The van der Waals surface area contributed by atoms with Crippen molar-refractivity contribution in [2.45, 2.75) is 51.9 Å². The van der Waals surface area contributed by atoms with Crippen molar-refractivity contribution in [2.24, 2.45) is 5.92 Å². The summed E-state index contributed by atoms with van der Waals surface area (Å²) in [4.78, 5) is 29.0. The standard InChI is InChI=1S/C17H24N4O3/c1-10-7-21(8-11(2)24-10)17(23)15-13-9-20(16(22)12-3-4-12)6-5-14(13)18-19-15/h10-12H,3-9H2,1-2H3,(H,18,19)/t10-,11-/m0/s1. The number of aromatic amines is 1. The van der Waals surface area contributed by atoms with Crippen LogP contribution in [0, 0.1) is 5.92 Å². The Hall–Kier alpha value is -1.89. The second-order valence-corrected chi connectivity index (χ2v) is 7.28. The zero-order valence-electron chi connectivity index (χ0n) is 14.2. The smallest absolute Gasteiger partial charge is 0.274 e. The topological polar surface area (TPSA) is 78.5 Å². The van der Waals surface area contributed by atoms with Crippen LogP contribution in [-0.2, 0) is 22.5 Å². The van der Waals surface area contributed by atoms with Crippen LogP contribution in [0.5, 0.6) is 0 Å². The number of morpholine rings is 1. The van der Waals surface area contributed by atoms with E-state index in [4.69, 9.17) is 4.74 Å². The summed E-state index contributed by atoms with van der Waals surface area (Å²) < 4.78 is 5.70. The highest BCUT2D eigenvalue weighted by Crippen LogP contribution is 2.33. The van der Waals surface area contributed by atoms with Crippen LogP contribution >= 0.6 is 0 Å². The number of H-pyrrole nitrogens is 1. The third-order valence-electron chi connectivity index (χ3n) is 5.08. The first-order valence-electron chi connectivity index (χ1n) is 8.82. The van der Waals surface area contributed by atoms with Crippen LogP contribution < -0.4 is 0 Å². The molecule has 0 radical (unpaired) electrons. The van der Waals surface area contributed by atoms with E-state index in [1.165, 1.54) is 0 Å². The maximum absolute atomic E-state index is 12.9. The molecule has 2 aliphatic heterocycles. The van der Waals surface area contributed by atoms with Crippen molar-refractivity contribution in [1.82, 2.24) is 20.0 Å². The summed E-state index contributed by atoms with van der Waals surface area (Å²) in [6.07, 6.45) is 2.80. The second kappa shape index (κ2) is 5.88. The molecule has 0 bridgehead atoms. The molecule has 2 amide bonds. The Bertz CT molecular complexity index is 657. The van der Waals surface area contributed by atoms with E-state index in [9.17, 15) is 9.59 Å². The molecule has 1 saturated carbocycles. The number of ether oxygens (including phenoxy) is 1. The molecule has 2 fully saturated rings. The number of hydrogen-bond acceptors (Lipinski definition) is 4. The lowest BCUT2D eigenvalue weighted by atomic mass is 10.0. The summed E-state index contributed by atoms with van der Waals surface area (Å²) in [5.41, 5.74) is 2.36. The van der Waals surface area contributed by atoms with Crippen LogP contribution in [0.4, 0.5) is 0 Å². The zero-order valence-corrected chi connectivity index (χ0v) is 14.2. The minimum Gasteiger partial charge on any atom is -0.372 e. The number of nitrogens with one attached hydrogen (secondary N) is 1. The number of carbonyl (C=O) groups is 2. The van der Waals surface area contributed by atoms with Gasteiger partial charge < -0.3 is 14.5 Å². The Morgan fingerprint density at radius 3 is 2.54 bits per heavy atom. The van der Waals surface area contributed by atoms with Gasteiger partial charge in [0.25, 0.3) is 5.91 Å². The summed E-state index contributed by atoms with van der Waals surface area (Å²) in [6.45, 7) is 6.32. The maximum Gasteiger partial charge on any atom is 0.274 e. The normalized spacial score (nSPS) is 27.1. The van der Waals surface area contributed by atoms with E-state index in [-0.39, 0.29) is 29.9 Å². The number of nitrogens with zero attached hydrogens (tertiary/aromatic N) is 3. The summed E-state index contributed by atoms with van der Waals surface area (Å²) in [7, 11) is 0. The Labute approximate surface area is 141 Å². The quantitative estimate of drug-likeness (QED) is 0.875. The molecule has 3 aliphatic rings. The fourth-order valence-electron chi connectivity index (χ4n) is 3.74. The highest BCUT2D eigenvalue weighted by molar-refractivity contribution is 5.94. The molecular formula is C17H24N4O3. The number of amides is 2. The number of aromatic nitrogens is 2. The number of fused-ring (bicyclic) bond motifs is 1. The Morgan fingerprint density at radius 1 is 1.17 bits per heavy atom. The van der Waals surface area contributed by atoms with E-state index in [0.29, 0.717) is 31.9 Å². The molecule has 1 aromatic rings. The monoisotopic (exact) mass is 332 g/mol. The van der Waals surface area contributed by atoms with Crippen LogP contribution in [0.25, 0.3) is 0 Å². The van der Waals surface area contributed by atoms with Gasteiger partial charge in [-0.05, 0) is 26.7 Å². The van der Waals surface area contributed by atoms with Crippen LogP contribution in [-0.4, -0.2) is 63.7 Å². The van der Waals surface area contributed by atoms with E-state index in [2.05, 4.69) is 10.2 Å². The van der Waals surface area contributed by atoms with E-state index < -0.39 is 0 Å². The second-order valence-electron chi connectivity index (χ2n) is 7.28. The van der Waals surface area contributed by atoms with E-state index >= 15 is 0 Å².